The smallest absolute Gasteiger partial charge is 0.352 e. The van der Waals surface area contributed by atoms with E-state index in [9.17, 15) is 13.2 Å². The zero-order valence-corrected chi connectivity index (χ0v) is 11.2. The van der Waals surface area contributed by atoms with Gasteiger partial charge in [-0.05, 0) is 6.07 Å². The van der Waals surface area contributed by atoms with E-state index in [2.05, 4.69) is 15.0 Å². The second-order valence-corrected chi connectivity index (χ2v) is 4.49. The molecule has 0 fully saturated rings. The maximum absolute atomic E-state index is 12.5. The van der Waals surface area contributed by atoms with Gasteiger partial charge in [-0.2, -0.15) is 13.2 Å². The second-order valence-electron chi connectivity index (χ2n) is 4.08. The van der Waals surface area contributed by atoms with Crippen molar-refractivity contribution >= 4 is 17.4 Å². The number of hydrogen-bond acceptors (Lipinski definition) is 4. The molecule has 0 N–H and O–H groups in total. The highest BCUT2D eigenvalue weighted by Gasteiger charge is 2.31. The first-order valence-corrected chi connectivity index (χ1v) is 5.94. The number of hydrogen-bond donors (Lipinski definition) is 0. The van der Waals surface area contributed by atoms with Gasteiger partial charge in [0.15, 0.2) is 0 Å². The van der Waals surface area contributed by atoms with Crippen LogP contribution in [0.15, 0.2) is 30.9 Å². The minimum atomic E-state index is -4.46. The zero-order valence-electron chi connectivity index (χ0n) is 10.4. The Kier molecular flexibility index (Phi) is 4.08. The molecule has 0 bridgehead atoms. The largest absolute Gasteiger partial charge is 0.417 e. The molecule has 2 aromatic rings. The predicted octanol–water partition coefficient (Wildman–Crippen LogP) is 3.18. The van der Waals surface area contributed by atoms with Crippen LogP contribution >= 0.6 is 11.6 Å². The molecular formula is C12H10ClF3N4. The number of aromatic nitrogens is 3. The summed E-state index contributed by atoms with van der Waals surface area (Å²) in [6.07, 6.45) is 0.930. The Morgan fingerprint density at radius 1 is 1.20 bits per heavy atom. The van der Waals surface area contributed by atoms with Gasteiger partial charge in [-0.3, -0.25) is 9.97 Å². The van der Waals surface area contributed by atoms with Gasteiger partial charge in [-0.25, -0.2) is 4.98 Å². The Labute approximate surface area is 118 Å². The van der Waals surface area contributed by atoms with Crippen molar-refractivity contribution in [3.8, 4) is 0 Å². The molecule has 2 aromatic heterocycles. The molecule has 0 aliphatic carbocycles. The van der Waals surface area contributed by atoms with Crippen molar-refractivity contribution in [2.75, 3.05) is 11.9 Å². The molecule has 0 aromatic carbocycles. The minimum absolute atomic E-state index is 0.0637. The summed E-state index contributed by atoms with van der Waals surface area (Å²) < 4.78 is 37.6. The van der Waals surface area contributed by atoms with Gasteiger partial charge >= 0.3 is 6.18 Å². The average Bonchev–Trinajstić information content (AvgIpc) is 2.38. The van der Waals surface area contributed by atoms with E-state index in [-0.39, 0.29) is 10.8 Å². The molecule has 0 unspecified atom stereocenters. The lowest BCUT2D eigenvalue weighted by atomic mass is 10.2. The highest BCUT2D eigenvalue weighted by molar-refractivity contribution is 6.33. The molecule has 106 valence electrons. The number of nitrogens with zero attached hydrogens (tertiary/aromatic N) is 4. The van der Waals surface area contributed by atoms with E-state index in [0.29, 0.717) is 12.2 Å². The van der Waals surface area contributed by atoms with Crippen LogP contribution in [0.25, 0.3) is 0 Å². The standard InChI is InChI=1S/C12H10ClF3N4/c1-20(7-9-6-17-2-3-18-9)11-10(13)4-8(5-19-11)12(14,15)16/h2-6H,7H2,1H3. The van der Waals surface area contributed by atoms with Crippen LogP contribution in [-0.2, 0) is 12.7 Å². The van der Waals surface area contributed by atoms with Crippen molar-refractivity contribution in [3.63, 3.8) is 0 Å². The number of rotatable bonds is 3. The third kappa shape index (κ3) is 3.36. The average molecular weight is 303 g/mol. The first kappa shape index (κ1) is 14.5. The summed E-state index contributed by atoms with van der Waals surface area (Å²) in [5, 5.41) is -0.0637. The summed E-state index contributed by atoms with van der Waals surface area (Å²) in [6, 6.07) is 0.858. The van der Waals surface area contributed by atoms with Gasteiger partial charge in [-0.15, -0.1) is 0 Å². The van der Waals surface area contributed by atoms with Crippen LogP contribution < -0.4 is 4.90 Å². The van der Waals surface area contributed by atoms with E-state index < -0.39 is 11.7 Å². The van der Waals surface area contributed by atoms with E-state index >= 15 is 0 Å². The fourth-order valence-electron chi connectivity index (χ4n) is 1.60. The molecule has 2 rings (SSSR count). The highest BCUT2D eigenvalue weighted by Crippen LogP contribution is 2.33. The van der Waals surface area contributed by atoms with Crippen molar-refractivity contribution < 1.29 is 13.2 Å². The van der Waals surface area contributed by atoms with Crippen LogP contribution in [-0.4, -0.2) is 22.0 Å². The molecule has 0 spiro atoms. The summed E-state index contributed by atoms with van der Waals surface area (Å²) in [6.45, 7) is 0.339. The van der Waals surface area contributed by atoms with Gasteiger partial charge in [0.2, 0.25) is 0 Å². The molecule has 0 radical (unpaired) electrons. The van der Waals surface area contributed by atoms with Gasteiger partial charge in [0.1, 0.15) is 5.82 Å². The Hall–Kier alpha value is -1.89. The summed E-state index contributed by atoms with van der Waals surface area (Å²) in [7, 11) is 1.66. The lowest BCUT2D eigenvalue weighted by Gasteiger charge is -2.19. The molecule has 2 heterocycles. The minimum Gasteiger partial charge on any atom is -0.352 e. The van der Waals surface area contributed by atoms with Crippen molar-refractivity contribution in [1.29, 1.82) is 0 Å². The third-order valence-corrected chi connectivity index (χ3v) is 2.80. The lowest BCUT2D eigenvalue weighted by Crippen LogP contribution is -2.19. The van der Waals surface area contributed by atoms with Crippen LogP contribution in [0.1, 0.15) is 11.3 Å². The van der Waals surface area contributed by atoms with Gasteiger partial charge in [0.25, 0.3) is 0 Å². The SMILES string of the molecule is CN(Cc1cnccn1)c1ncc(C(F)(F)F)cc1Cl. The van der Waals surface area contributed by atoms with Crippen molar-refractivity contribution in [2.45, 2.75) is 12.7 Å². The van der Waals surface area contributed by atoms with Crippen molar-refractivity contribution in [1.82, 2.24) is 15.0 Å². The van der Waals surface area contributed by atoms with E-state index in [4.69, 9.17) is 11.6 Å². The van der Waals surface area contributed by atoms with Crippen molar-refractivity contribution in [3.05, 3.63) is 47.1 Å². The molecule has 4 nitrogen and oxygen atoms in total. The molecule has 0 amide bonds. The molecule has 0 atom stereocenters. The maximum Gasteiger partial charge on any atom is 0.417 e. The quantitative estimate of drug-likeness (QED) is 0.873. The van der Waals surface area contributed by atoms with Gasteiger partial charge in [0.05, 0.1) is 29.0 Å². The molecular weight excluding hydrogens is 293 g/mol. The molecule has 20 heavy (non-hydrogen) atoms. The molecule has 0 saturated heterocycles. The fraction of sp³-hybridized carbons (Fsp3) is 0.250. The summed E-state index contributed by atoms with van der Waals surface area (Å²) in [5.41, 5.74) is -0.216. The van der Waals surface area contributed by atoms with E-state index in [1.807, 2.05) is 0 Å². The second kappa shape index (κ2) is 5.62. The molecule has 0 saturated carbocycles. The van der Waals surface area contributed by atoms with Crippen molar-refractivity contribution in [2.24, 2.45) is 0 Å². The zero-order chi connectivity index (χ0) is 14.8. The van der Waals surface area contributed by atoms with Gasteiger partial charge in [0, 0.05) is 25.6 Å². The number of alkyl halides is 3. The number of halogens is 4. The van der Waals surface area contributed by atoms with Gasteiger partial charge < -0.3 is 4.90 Å². The van der Waals surface area contributed by atoms with Crippen LogP contribution in [0.2, 0.25) is 5.02 Å². The van der Waals surface area contributed by atoms with Crippen LogP contribution in [0.5, 0.6) is 0 Å². The Balaban J connectivity index is 2.21. The maximum atomic E-state index is 12.5. The molecule has 0 aliphatic rings. The van der Waals surface area contributed by atoms with E-state index in [1.54, 1.807) is 18.1 Å². The van der Waals surface area contributed by atoms with Gasteiger partial charge in [-0.1, -0.05) is 11.6 Å². The molecule has 0 aliphatic heterocycles. The lowest BCUT2D eigenvalue weighted by molar-refractivity contribution is -0.137. The van der Waals surface area contributed by atoms with Crippen LogP contribution in [0.3, 0.4) is 0 Å². The summed E-state index contributed by atoms with van der Waals surface area (Å²) >= 11 is 5.86. The first-order chi connectivity index (χ1) is 9.38. The highest BCUT2D eigenvalue weighted by atomic mass is 35.5. The van der Waals surface area contributed by atoms with E-state index in [0.717, 1.165) is 12.3 Å². The topological polar surface area (TPSA) is 41.9 Å². The Morgan fingerprint density at radius 3 is 2.50 bits per heavy atom. The fourth-order valence-corrected chi connectivity index (χ4v) is 1.91. The normalized spacial score (nSPS) is 11.4. The number of anilines is 1. The summed E-state index contributed by atoms with van der Waals surface area (Å²) in [5.74, 6) is 0.255. The third-order valence-electron chi connectivity index (χ3n) is 2.53. The number of pyridine rings is 1. The summed E-state index contributed by atoms with van der Waals surface area (Å²) in [4.78, 5) is 13.4. The monoisotopic (exact) mass is 302 g/mol. The predicted molar refractivity (Wildman–Crippen MR) is 68.4 cm³/mol. The van der Waals surface area contributed by atoms with E-state index in [1.165, 1.54) is 12.4 Å². The molecule has 8 heteroatoms. The Morgan fingerprint density at radius 2 is 1.95 bits per heavy atom. The van der Waals surface area contributed by atoms with Crippen LogP contribution in [0, 0.1) is 0 Å². The Bertz CT molecular complexity index is 589. The first-order valence-electron chi connectivity index (χ1n) is 5.56. The van der Waals surface area contributed by atoms with Crippen LogP contribution in [0.4, 0.5) is 19.0 Å².